The van der Waals surface area contributed by atoms with Crippen LogP contribution in [0, 0.1) is 5.41 Å². The Hall–Kier alpha value is -0.470. The normalized spacial score (nSPS) is 14.4. The van der Waals surface area contributed by atoms with Crippen LogP contribution in [-0.2, 0) is 0 Å². The summed E-state index contributed by atoms with van der Waals surface area (Å²) in [6, 6.07) is 0. The van der Waals surface area contributed by atoms with Crippen molar-refractivity contribution in [3.63, 3.8) is 0 Å². The fourth-order valence-corrected chi connectivity index (χ4v) is 0.507. The van der Waals surface area contributed by atoms with Gasteiger partial charge in [0.15, 0.2) is 0 Å². The first-order chi connectivity index (χ1) is 4.81. The molecule has 0 heterocycles. The Morgan fingerprint density at radius 1 is 1.18 bits per heavy atom. The molecule has 0 aliphatic heterocycles. The minimum atomic E-state index is -4.14. The number of allylic oxidation sites excluding steroid dienone is 2. The first-order valence-electron chi connectivity index (χ1n) is 3.55. The quantitative estimate of drug-likeness (QED) is 0.550. The number of hydrogen-bond donors (Lipinski definition) is 0. The van der Waals surface area contributed by atoms with Crippen LogP contribution < -0.4 is 0 Å². The molecule has 0 nitrogen and oxygen atoms in total. The van der Waals surface area contributed by atoms with Crippen LogP contribution in [0.15, 0.2) is 12.2 Å². The highest BCUT2D eigenvalue weighted by molar-refractivity contribution is 4.98. The lowest BCUT2D eigenvalue weighted by molar-refractivity contribution is -0.193. The Labute approximate surface area is 65.1 Å². The van der Waals surface area contributed by atoms with Crippen LogP contribution in [-0.4, -0.2) is 6.18 Å². The Morgan fingerprint density at radius 2 is 1.64 bits per heavy atom. The standard InChI is InChI=1S/C8H13F3/c1-4-5-6-7(2,3)8(9,10)11/h5-6H,4H2,1-3H3/b6-5-. The van der Waals surface area contributed by atoms with Crippen LogP contribution in [0.25, 0.3) is 0 Å². The van der Waals surface area contributed by atoms with E-state index in [2.05, 4.69) is 0 Å². The van der Waals surface area contributed by atoms with E-state index in [1.807, 2.05) is 6.92 Å². The minimum Gasteiger partial charge on any atom is -0.170 e. The summed E-state index contributed by atoms with van der Waals surface area (Å²) < 4.78 is 36.3. The van der Waals surface area contributed by atoms with E-state index in [0.717, 1.165) is 0 Å². The highest BCUT2D eigenvalue weighted by atomic mass is 19.4. The zero-order valence-corrected chi connectivity index (χ0v) is 7.00. The Bertz CT molecular complexity index is 142. The third-order valence-corrected chi connectivity index (χ3v) is 1.50. The maximum absolute atomic E-state index is 12.1. The molecule has 0 saturated heterocycles. The fourth-order valence-electron chi connectivity index (χ4n) is 0.507. The van der Waals surface area contributed by atoms with Gasteiger partial charge in [-0.25, -0.2) is 0 Å². The van der Waals surface area contributed by atoms with E-state index in [1.165, 1.54) is 26.0 Å². The molecule has 0 unspecified atom stereocenters. The lowest BCUT2D eigenvalue weighted by Gasteiger charge is -2.23. The van der Waals surface area contributed by atoms with Gasteiger partial charge in [-0.05, 0) is 20.3 Å². The van der Waals surface area contributed by atoms with Crippen molar-refractivity contribution in [3.05, 3.63) is 12.2 Å². The molecule has 0 saturated carbocycles. The number of halogens is 3. The van der Waals surface area contributed by atoms with E-state index in [-0.39, 0.29) is 0 Å². The van der Waals surface area contributed by atoms with Crippen molar-refractivity contribution >= 4 is 0 Å². The Balaban J connectivity index is 4.34. The summed E-state index contributed by atoms with van der Waals surface area (Å²) in [5, 5.41) is 0. The van der Waals surface area contributed by atoms with Crippen molar-refractivity contribution in [1.82, 2.24) is 0 Å². The predicted octanol–water partition coefficient (Wildman–Crippen LogP) is 3.54. The van der Waals surface area contributed by atoms with E-state index < -0.39 is 11.6 Å². The molecular formula is C8H13F3. The summed E-state index contributed by atoms with van der Waals surface area (Å²) >= 11 is 0. The highest BCUT2D eigenvalue weighted by Crippen LogP contribution is 2.38. The molecule has 0 aromatic heterocycles. The van der Waals surface area contributed by atoms with Crippen LogP contribution in [0.4, 0.5) is 13.2 Å². The van der Waals surface area contributed by atoms with Crippen molar-refractivity contribution in [1.29, 1.82) is 0 Å². The zero-order valence-electron chi connectivity index (χ0n) is 7.00. The largest absolute Gasteiger partial charge is 0.397 e. The molecule has 0 rings (SSSR count). The molecule has 0 spiro atoms. The molecule has 0 aromatic carbocycles. The second kappa shape index (κ2) is 3.28. The molecule has 66 valence electrons. The van der Waals surface area contributed by atoms with Gasteiger partial charge in [-0.15, -0.1) is 0 Å². The molecule has 0 aliphatic carbocycles. The van der Waals surface area contributed by atoms with Crippen LogP contribution in [0.3, 0.4) is 0 Å². The number of hydrogen-bond acceptors (Lipinski definition) is 0. The van der Waals surface area contributed by atoms with Gasteiger partial charge in [-0.1, -0.05) is 19.1 Å². The Kier molecular flexibility index (Phi) is 3.14. The average molecular weight is 166 g/mol. The van der Waals surface area contributed by atoms with E-state index in [0.29, 0.717) is 6.42 Å². The molecule has 0 atom stereocenters. The number of rotatable bonds is 2. The van der Waals surface area contributed by atoms with E-state index in [9.17, 15) is 13.2 Å². The van der Waals surface area contributed by atoms with Gasteiger partial charge in [0.2, 0.25) is 0 Å². The van der Waals surface area contributed by atoms with Gasteiger partial charge >= 0.3 is 6.18 Å². The van der Waals surface area contributed by atoms with Crippen LogP contribution in [0.5, 0.6) is 0 Å². The van der Waals surface area contributed by atoms with E-state index in [1.54, 1.807) is 0 Å². The maximum Gasteiger partial charge on any atom is 0.397 e. The minimum absolute atomic E-state index is 0.638. The first kappa shape index (κ1) is 10.5. The SMILES string of the molecule is CC/C=C\C(C)(C)C(F)(F)F. The third-order valence-electron chi connectivity index (χ3n) is 1.50. The molecule has 3 heteroatoms. The van der Waals surface area contributed by atoms with Gasteiger partial charge in [0, 0.05) is 0 Å². The van der Waals surface area contributed by atoms with Crippen LogP contribution in [0.2, 0.25) is 0 Å². The van der Waals surface area contributed by atoms with Crippen molar-refractivity contribution in [2.75, 3.05) is 0 Å². The lowest BCUT2D eigenvalue weighted by Crippen LogP contribution is -2.29. The van der Waals surface area contributed by atoms with Crippen molar-refractivity contribution in [2.45, 2.75) is 33.4 Å². The molecule has 0 aliphatic rings. The number of alkyl halides is 3. The molecular weight excluding hydrogens is 153 g/mol. The smallest absolute Gasteiger partial charge is 0.170 e. The third kappa shape index (κ3) is 2.95. The van der Waals surface area contributed by atoms with Crippen molar-refractivity contribution in [3.8, 4) is 0 Å². The van der Waals surface area contributed by atoms with Crippen LogP contribution >= 0.6 is 0 Å². The lowest BCUT2D eigenvalue weighted by atomic mass is 9.92. The molecule has 0 amide bonds. The average Bonchev–Trinajstić information content (AvgIpc) is 1.81. The highest BCUT2D eigenvalue weighted by Gasteiger charge is 2.44. The van der Waals surface area contributed by atoms with Gasteiger partial charge in [-0.3, -0.25) is 0 Å². The summed E-state index contributed by atoms with van der Waals surface area (Å²) in [4.78, 5) is 0. The van der Waals surface area contributed by atoms with Crippen LogP contribution in [0.1, 0.15) is 27.2 Å². The molecule has 0 bridgehead atoms. The molecule has 11 heavy (non-hydrogen) atoms. The zero-order chi connectivity index (χ0) is 9.12. The van der Waals surface area contributed by atoms with Gasteiger partial charge in [0.25, 0.3) is 0 Å². The maximum atomic E-state index is 12.1. The van der Waals surface area contributed by atoms with E-state index >= 15 is 0 Å². The molecule has 0 radical (unpaired) electrons. The van der Waals surface area contributed by atoms with Gasteiger partial charge < -0.3 is 0 Å². The van der Waals surface area contributed by atoms with Gasteiger partial charge in [0.05, 0.1) is 5.41 Å². The molecule has 0 N–H and O–H groups in total. The summed E-state index contributed by atoms with van der Waals surface area (Å²) in [5.41, 5.74) is -1.69. The first-order valence-corrected chi connectivity index (χ1v) is 3.55. The molecule has 0 fully saturated rings. The predicted molar refractivity (Wildman–Crippen MR) is 39.3 cm³/mol. The second-order valence-corrected chi connectivity index (χ2v) is 3.03. The van der Waals surface area contributed by atoms with E-state index in [4.69, 9.17) is 0 Å². The summed E-state index contributed by atoms with van der Waals surface area (Å²) in [5.74, 6) is 0. The van der Waals surface area contributed by atoms with Crippen molar-refractivity contribution in [2.24, 2.45) is 5.41 Å². The summed E-state index contributed by atoms with van der Waals surface area (Å²) in [7, 11) is 0. The topological polar surface area (TPSA) is 0 Å². The summed E-state index contributed by atoms with van der Waals surface area (Å²) in [6.07, 6.45) is -0.765. The Morgan fingerprint density at radius 3 is 1.91 bits per heavy atom. The van der Waals surface area contributed by atoms with Gasteiger partial charge in [0.1, 0.15) is 0 Å². The molecule has 0 aromatic rings. The van der Waals surface area contributed by atoms with Crippen molar-refractivity contribution < 1.29 is 13.2 Å². The fraction of sp³-hybridized carbons (Fsp3) is 0.750. The second-order valence-electron chi connectivity index (χ2n) is 3.03. The van der Waals surface area contributed by atoms with Gasteiger partial charge in [-0.2, -0.15) is 13.2 Å². The summed E-state index contributed by atoms with van der Waals surface area (Å²) in [6.45, 7) is 4.14. The monoisotopic (exact) mass is 166 g/mol.